The quantitative estimate of drug-likeness (QED) is 0.922. The summed E-state index contributed by atoms with van der Waals surface area (Å²) >= 11 is 0. The molecule has 0 radical (unpaired) electrons. The lowest BCUT2D eigenvalue weighted by Gasteiger charge is -2.19. The van der Waals surface area contributed by atoms with Gasteiger partial charge in [0.05, 0.1) is 5.69 Å². The standard InChI is InChI=1S/C18H23N5/c1-3-23-11-15(12(2)22-23)17-13-8-6-4-5-7-9-16(13)21-18(20)14(17)10-19/h11H,3-9H2,1-2H3,(H2,20,21). The molecule has 0 amide bonds. The summed E-state index contributed by atoms with van der Waals surface area (Å²) in [5.41, 5.74) is 11.8. The Hall–Kier alpha value is -2.35. The van der Waals surface area contributed by atoms with E-state index in [-0.39, 0.29) is 0 Å². The van der Waals surface area contributed by atoms with E-state index in [9.17, 15) is 5.26 Å². The average molecular weight is 309 g/mol. The summed E-state index contributed by atoms with van der Waals surface area (Å²) in [6, 6.07) is 2.28. The molecule has 2 aromatic heterocycles. The Bertz CT molecular complexity index is 767. The number of nitrogens with two attached hydrogens (primary N) is 1. The maximum absolute atomic E-state index is 9.65. The highest BCUT2D eigenvalue weighted by Gasteiger charge is 2.23. The fraction of sp³-hybridized carbons (Fsp3) is 0.500. The van der Waals surface area contributed by atoms with Gasteiger partial charge in [-0.2, -0.15) is 10.4 Å². The van der Waals surface area contributed by atoms with Crippen molar-refractivity contribution in [2.24, 2.45) is 0 Å². The van der Waals surface area contributed by atoms with Gasteiger partial charge in [0.25, 0.3) is 0 Å². The van der Waals surface area contributed by atoms with Crippen LogP contribution < -0.4 is 5.73 Å². The minimum absolute atomic E-state index is 0.352. The smallest absolute Gasteiger partial charge is 0.142 e. The molecule has 2 heterocycles. The van der Waals surface area contributed by atoms with Crippen LogP contribution in [0.15, 0.2) is 6.20 Å². The number of anilines is 1. The number of nitriles is 1. The zero-order chi connectivity index (χ0) is 16.4. The number of fused-ring (bicyclic) bond motifs is 1. The summed E-state index contributed by atoms with van der Waals surface area (Å²) in [5.74, 6) is 0.352. The molecule has 0 saturated heterocycles. The Labute approximate surface area is 137 Å². The number of pyridine rings is 1. The first-order valence-corrected chi connectivity index (χ1v) is 8.41. The summed E-state index contributed by atoms with van der Waals surface area (Å²) in [4.78, 5) is 4.56. The van der Waals surface area contributed by atoms with Crippen molar-refractivity contribution in [3.8, 4) is 17.2 Å². The SMILES string of the molecule is CCn1cc(-c2c(C#N)c(N)nc3c2CCCCCC3)c(C)n1. The van der Waals surface area contributed by atoms with Gasteiger partial charge in [-0.05, 0) is 45.1 Å². The summed E-state index contributed by atoms with van der Waals surface area (Å²) < 4.78 is 1.91. The zero-order valence-corrected chi connectivity index (χ0v) is 13.9. The van der Waals surface area contributed by atoms with Crippen LogP contribution in [-0.2, 0) is 19.4 Å². The van der Waals surface area contributed by atoms with Crippen LogP contribution in [0.4, 0.5) is 5.82 Å². The molecule has 1 aliphatic carbocycles. The monoisotopic (exact) mass is 309 g/mol. The third-order valence-corrected chi connectivity index (χ3v) is 4.65. The summed E-state index contributed by atoms with van der Waals surface area (Å²) in [5, 5.41) is 14.2. The van der Waals surface area contributed by atoms with Crippen molar-refractivity contribution >= 4 is 5.82 Å². The molecule has 1 aliphatic rings. The third-order valence-electron chi connectivity index (χ3n) is 4.65. The van der Waals surface area contributed by atoms with E-state index >= 15 is 0 Å². The van der Waals surface area contributed by atoms with E-state index in [0.29, 0.717) is 11.4 Å². The Morgan fingerprint density at radius 2 is 2.00 bits per heavy atom. The predicted molar refractivity (Wildman–Crippen MR) is 90.9 cm³/mol. The molecule has 120 valence electrons. The first-order valence-electron chi connectivity index (χ1n) is 8.41. The molecule has 5 heteroatoms. The molecule has 0 fully saturated rings. The van der Waals surface area contributed by atoms with E-state index in [0.717, 1.165) is 54.7 Å². The van der Waals surface area contributed by atoms with Crippen molar-refractivity contribution in [1.29, 1.82) is 5.26 Å². The van der Waals surface area contributed by atoms with Crippen molar-refractivity contribution in [2.45, 2.75) is 58.9 Å². The van der Waals surface area contributed by atoms with E-state index < -0.39 is 0 Å². The first kappa shape index (κ1) is 15.5. The van der Waals surface area contributed by atoms with Crippen LogP contribution in [0.1, 0.15) is 55.1 Å². The van der Waals surface area contributed by atoms with E-state index in [1.54, 1.807) is 0 Å². The van der Waals surface area contributed by atoms with Crippen LogP contribution in [0.5, 0.6) is 0 Å². The minimum Gasteiger partial charge on any atom is -0.383 e. The second kappa shape index (κ2) is 6.41. The molecule has 0 aliphatic heterocycles. The number of aromatic nitrogens is 3. The number of hydrogen-bond donors (Lipinski definition) is 1. The van der Waals surface area contributed by atoms with Gasteiger partial charge >= 0.3 is 0 Å². The Balaban J connectivity index is 2.28. The number of aryl methyl sites for hydroxylation is 3. The summed E-state index contributed by atoms with van der Waals surface area (Å²) in [7, 11) is 0. The molecule has 2 aromatic rings. The second-order valence-electron chi connectivity index (χ2n) is 6.18. The number of rotatable bonds is 2. The molecule has 23 heavy (non-hydrogen) atoms. The highest BCUT2D eigenvalue weighted by atomic mass is 15.3. The molecule has 5 nitrogen and oxygen atoms in total. The minimum atomic E-state index is 0.352. The van der Waals surface area contributed by atoms with Gasteiger partial charge in [-0.25, -0.2) is 4.98 Å². The lowest BCUT2D eigenvalue weighted by molar-refractivity contribution is 0.610. The fourth-order valence-corrected chi connectivity index (χ4v) is 3.45. The molecule has 0 unspecified atom stereocenters. The molecular formula is C18H23N5. The van der Waals surface area contributed by atoms with E-state index in [1.807, 2.05) is 17.8 Å². The molecule has 0 bridgehead atoms. The van der Waals surface area contributed by atoms with Crippen molar-refractivity contribution in [1.82, 2.24) is 14.8 Å². The fourth-order valence-electron chi connectivity index (χ4n) is 3.45. The van der Waals surface area contributed by atoms with Crippen LogP contribution in [0, 0.1) is 18.3 Å². The molecule has 0 spiro atoms. The molecule has 0 atom stereocenters. The first-order chi connectivity index (χ1) is 11.2. The van der Waals surface area contributed by atoms with Crippen molar-refractivity contribution in [3.63, 3.8) is 0 Å². The lowest BCUT2D eigenvalue weighted by Crippen LogP contribution is -2.10. The van der Waals surface area contributed by atoms with E-state index in [1.165, 1.54) is 18.4 Å². The molecule has 0 aromatic carbocycles. The number of nitrogen functional groups attached to an aromatic ring is 1. The van der Waals surface area contributed by atoms with Crippen LogP contribution in [0.3, 0.4) is 0 Å². The maximum Gasteiger partial charge on any atom is 0.142 e. The van der Waals surface area contributed by atoms with Crippen LogP contribution >= 0.6 is 0 Å². The van der Waals surface area contributed by atoms with Crippen LogP contribution in [-0.4, -0.2) is 14.8 Å². The molecule has 0 saturated carbocycles. The predicted octanol–water partition coefficient (Wildman–Crippen LogP) is 3.39. The van der Waals surface area contributed by atoms with Crippen molar-refractivity contribution < 1.29 is 0 Å². The van der Waals surface area contributed by atoms with Gasteiger partial charge in [0, 0.05) is 29.6 Å². The normalized spacial score (nSPS) is 14.7. The topological polar surface area (TPSA) is 80.5 Å². The van der Waals surface area contributed by atoms with Gasteiger partial charge < -0.3 is 5.73 Å². The largest absolute Gasteiger partial charge is 0.383 e. The van der Waals surface area contributed by atoms with Gasteiger partial charge in [-0.15, -0.1) is 0 Å². The summed E-state index contributed by atoms with van der Waals surface area (Å²) in [6.45, 7) is 4.87. The number of hydrogen-bond acceptors (Lipinski definition) is 4. The molecular weight excluding hydrogens is 286 g/mol. The summed E-state index contributed by atoms with van der Waals surface area (Å²) in [6.07, 6.45) is 8.68. The van der Waals surface area contributed by atoms with Gasteiger partial charge in [-0.3, -0.25) is 4.68 Å². The highest BCUT2D eigenvalue weighted by molar-refractivity contribution is 5.80. The Morgan fingerprint density at radius 3 is 2.65 bits per heavy atom. The van der Waals surface area contributed by atoms with Crippen molar-refractivity contribution in [3.05, 3.63) is 28.7 Å². The Morgan fingerprint density at radius 1 is 1.26 bits per heavy atom. The van der Waals surface area contributed by atoms with Crippen LogP contribution in [0.25, 0.3) is 11.1 Å². The van der Waals surface area contributed by atoms with E-state index in [2.05, 4.69) is 23.1 Å². The third kappa shape index (κ3) is 2.81. The maximum atomic E-state index is 9.65. The highest BCUT2D eigenvalue weighted by Crippen LogP contribution is 2.36. The van der Waals surface area contributed by atoms with E-state index in [4.69, 9.17) is 5.73 Å². The number of nitrogens with zero attached hydrogens (tertiary/aromatic N) is 4. The molecule has 2 N–H and O–H groups in total. The molecule has 3 rings (SSSR count). The van der Waals surface area contributed by atoms with Crippen LogP contribution in [0.2, 0.25) is 0 Å². The van der Waals surface area contributed by atoms with Gasteiger partial charge in [-0.1, -0.05) is 12.8 Å². The Kier molecular flexibility index (Phi) is 4.33. The lowest BCUT2D eigenvalue weighted by atomic mass is 9.88. The average Bonchev–Trinajstić information content (AvgIpc) is 2.89. The van der Waals surface area contributed by atoms with Crippen molar-refractivity contribution in [2.75, 3.05) is 5.73 Å². The zero-order valence-electron chi connectivity index (χ0n) is 13.9. The second-order valence-corrected chi connectivity index (χ2v) is 6.18. The van der Waals surface area contributed by atoms with Gasteiger partial charge in [0.15, 0.2) is 0 Å². The van der Waals surface area contributed by atoms with Gasteiger partial charge in [0.1, 0.15) is 17.5 Å². The van der Waals surface area contributed by atoms with Gasteiger partial charge in [0.2, 0.25) is 0 Å².